The van der Waals surface area contributed by atoms with Crippen molar-refractivity contribution < 1.29 is 14.0 Å². The topological polar surface area (TPSA) is 97.9 Å². The lowest BCUT2D eigenvalue weighted by molar-refractivity contribution is -0.130. The van der Waals surface area contributed by atoms with E-state index >= 15 is 0 Å². The van der Waals surface area contributed by atoms with Crippen molar-refractivity contribution in [3.8, 4) is 0 Å². The first kappa shape index (κ1) is 35.7. The average Bonchev–Trinajstić information content (AvgIpc) is 2.94. The highest BCUT2D eigenvalue weighted by Gasteiger charge is 2.40. The van der Waals surface area contributed by atoms with Crippen LogP contribution in [-0.4, -0.2) is 54.7 Å². The van der Waals surface area contributed by atoms with Gasteiger partial charge in [-0.2, -0.15) is 0 Å². The molecule has 2 aliphatic carbocycles. The van der Waals surface area contributed by atoms with Gasteiger partial charge in [-0.1, -0.05) is 57.8 Å². The van der Waals surface area contributed by atoms with Crippen LogP contribution in [0.1, 0.15) is 98.7 Å². The highest BCUT2D eigenvalue weighted by atomic mass is 35.5. The fraction of sp³-hybridized carbons (Fsp3) is 0.697. The van der Waals surface area contributed by atoms with Crippen LogP contribution in [0, 0.1) is 17.3 Å². The van der Waals surface area contributed by atoms with Gasteiger partial charge in [0.25, 0.3) is 5.91 Å². The Morgan fingerprint density at radius 2 is 1.65 bits per heavy atom. The highest BCUT2D eigenvalue weighted by molar-refractivity contribution is 6.73. The maximum Gasteiger partial charge on any atom is 0.257 e. The van der Waals surface area contributed by atoms with E-state index in [9.17, 15) is 9.59 Å². The first-order chi connectivity index (χ1) is 20.3. The molecule has 1 aromatic rings. The summed E-state index contributed by atoms with van der Waals surface area (Å²) in [5.41, 5.74) is 8.14. The molecule has 0 aromatic carbocycles. The molecule has 43 heavy (non-hydrogen) atoms. The van der Waals surface area contributed by atoms with Gasteiger partial charge in [0.1, 0.15) is 5.78 Å². The van der Waals surface area contributed by atoms with Gasteiger partial charge in [-0.25, -0.2) is 0 Å². The molecule has 0 bridgehead atoms. The molecule has 3 rings (SSSR count). The number of amides is 1. The summed E-state index contributed by atoms with van der Waals surface area (Å²) < 4.78 is 7.05. The summed E-state index contributed by atoms with van der Waals surface area (Å²) in [6.45, 7) is 15.5. The fourth-order valence-corrected chi connectivity index (χ4v) is 10.5. The standard InChI is InChI=1S/C33H52Cl2N4O3Si/c1-8-43(9-2,10-3)42-30(31-28(34)18-37-19-29(31)35)21-39(20-24-15-33(6,7)16-24)32(41)27(17-36)22(4)38-26-13-11-25(12-14-26)23(5)40/h17-19,24-26,30H,8-16,20-21,36H2,1-7H3. The van der Waals surface area contributed by atoms with Crippen LogP contribution in [0.3, 0.4) is 0 Å². The van der Waals surface area contributed by atoms with Crippen molar-refractivity contribution in [1.82, 2.24) is 9.88 Å². The molecule has 1 unspecified atom stereocenters. The summed E-state index contributed by atoms with van der Waals surface area (Å²) in [4.78, 5) is 37.2. The fourth-order valence-electron chi connectivity index (χ4n) is 7.07. The van der Waals surface area contributed by atoms with Crippen LogP contribution in [0.4, 0.5) is 0 Å². The average molecular weight is 652 g/mol. The molecule has 1 heterocycles. The Morgan fingerprint density at radius 3 is 2.12 bits per heavy atom. The largest absolute Gasteiger partial charge is 0.408 e. The lowest BCUT2D eigenvalue weighted by atomic mass is 9.64. The number of aromatic nitrogens is 1. The molecule has 2 aliphatic rings. The van der Waals surface area contributed by atoms with Crippen LogP contribution in [0.15, 0.2) is 29.2 Å². The first-order valence-electron chi connectivity index (χ1n) is 16.0. The van der Waals surface area contributed by atoms with Crippen molar-refractivity contribution in [3.05, 3.63) is 39.8 Å². The predicted molar refractivity (Wildman–Crippen MR) is 180 cm³/mol. The van der Waals surface area contributed by atoms with Gasteiger partial charge in [0.05, 0.1) is 34.3 Å². The van der Waals surface area contributed by atoms with Crippen LogP contribution in [0.5, 0.6) is 0 Å². The van der Waals surface area contributed by atoms with Crippen LogP contribution >= 0.6 is 23.2 Å². The molecule has 2 fully saturated rings. The van der Waals surface area contributed by atoms with E-state index in [1.807, 2.05) is 11.8 Å². The zero-order chi connectivity index (χ0) is 31.9. The van der Waals surface area contributed by atoms with E-state index in [4.69, 9.17) is 38.4 Å². The van der Waals surface area contributed by atoms with Crippen molar-refractivity contribution >= 4 is 48.9 Å². The Kier molecular flexibility index (Phi) is 12.9. The number of rotatable bonds is 14. The molecule has 240 valence electrons. The quantitative estimate of drug-likeness (QED) is 0.124. The minimum atomic E-state index is -2.13. The van der Waals surface area contributed by atoms with E-state index in [1.54, 1.807) is 19.3 Å². The van der Waals surface area contributed by atoms with Gasteiger partial charge in [-0.05, 0) is 81.8 Å². The number of Topliss-reactive ketones (excluding diaryl/α,β-unsaturated/α-hetero) is 1. The molecule has 7 nitrogen and oxygen atoms in total. The Labute approximate surface area is 270 Å². The minimum Gasteiger partial charge on any atom is -0.408 e. The lowest BCUT2D eigenvalue weighted by Gasteiger charge is -2.45. The number of pyridine rings is 1. The predicted octanol–water partition coefficient (Wildman–Crippen LogP) is 8.17. The molecular formula is C33H52Cl2N4O3Si. The number of halogens is 2. The smallest absolute Gasteiger partial charge is 0.257 e. The molecule has 0 saturated heterocycles. The molecule has 1 aromatic heterocycles. The van der Waals surface area contributed by atoms with E-state index in [1.165, 1.54) is 6.20 Å². The monoisotopic (exact) mass is 650 g/mol. The third-order valence-corrected chi connectivity index (χ3v) is 15.1. The molecule has 1 amide bonds. The van der Waals surface area contributed by atoms with Gasteiger partial charge < -0.3 is 15.1 Å². The summed E-state index contributed by atoms with van der Waals surface area (Å²) in [6, 6.07) is 2.93. The van der Waals surface area contributed by atoms with Crippen LogP contribution < -0.4 is 5.73 Å². The number of aliphatic imine (C=N–C) groups is 1. The van der Waals surface area contributed by atoms with E-state index in [0.717, 1.165) is 56.7 Å². The van der Waals surface area contributed by atoms with Crippen molar-refractivity contribution in [1.29, 1.82) is 0 Å². The number of hydrogen-bond donors (Lipinski definition) is 1. The second kappa shape index (κ2) is 15.5. The van der Waals surface area contributed by atoms with Gasteiger partial charge in [0.2, 0.25) is 0 Å². The van der Waals surface area contributed by atoms with Crippen molar-refractivity contribution in [3.63, 3.8) is 0 Å². The molecule has 2 N–H and O–H groups in total. The second-order valence-corrected chi connectivity index (χ2v) is 19.0. The highest BCUT2D eigenvalue weighted by Crippen LogP contribution is 2.45. The van der Waals surface area contributed by atoms with Gasteiger partial charge in [-0.15, -0.1) is 0 Å². The third kappa shape index (κ3) is 9.15. The Balaban J connectivity index is 1.95. The second-order valence-electron chi connectivity index (χ2n) is 13.4. The maximum atomic E-state index is 14.4. The van der Waals surface area contributed by atoms with Crippen molar-refractivity contribution in [2.24, 2.45) is 28.0 Å². The number of carbonyl (C=O) groups is 2. The molecule has 0 radical (unpaired) electrons. The molecule has 10 heteroatoms. The van der Waals surface area contributed by atoms with Crippen LogP contribution in [-0.2, 0) is 14.0 Å². The maximum absolute atomic E-state index is 14.4. The van der Waals surface area contributed by atoms with Gasteiger partial charge in [-0.3, -0.25) is 19.6 Å². The zero-order valence-electron chi connectivity index (χ0n) is 27.2. The van der Waals surface area contributed by atoms with Gasteiger partial charge >= 0.3 is 0 Å². The summed E-state index contributed by atoms with van der Waals surface area (Å²) >= 11 is 13.4. The van der Waals surface area contributed by atoms with Crippen LogP contribution in [0.25, 0.3) is 0 Å². The summed E-state index contributed by atoms with van der Waals surface area (Å²) in [5.74, 6) is 0.595. The van der Waals surface area contributed by atoms with Crippen LogP contribution in [0.2, 0.25) is 28.2 Å². The van der Waals surface area contributed by atoms with Gasteiger partial charge in [0.15, 0.2) is 8.32 Å². The molecule has 1 atom stereocenters. The Bertz CT molecular complexity index is 1160. The minimum absolute atomic E-state index is 0.0787. The van der Waals surface area contributed by atoms with E-state index < -0.39 is 14.4 Å². The van der Waals surface area contributed by atoms with E-state index in [2.05, 4.69) is 39.6 Å². The number of ketones is 1. The van der Waals surface area contributed by atoms with E-state index in [0.29, 0.717) is 45.9 Å². The summed E-state index contributed by atoms with van der Waals surface area (Å²) in [6.07, 6.45) is 9.51. The third-order valence-electron chi connectivity index (χ3n) is 9.81. The van der Waals surface area contributed by atoms with Crippen molar-refractivity contribution in [2.45, 2.75) is 117 Å². The normalized spacial score (nSPS) is 22.2. The summed E-state index contributed by atoms with van der Waals surface area (Å²) in [7, 11) is -2.13. The van der Waals surface area contributed by atoms with Crippen molar-refractivity contribution in [2.75, 3.05) is 13.1 Å². The lowest BCUT2D eigenvalue weighted by Crippen LogP contribution is -2.47. The number of nitrogens with two attached hydrogens (primary N) is 1. The molecule has 2 saturated carbocycles. The molecule has 0 spiro atoms. The molecular weight excluding hydrogens is 599 g/mol. The first-order valence-corrected chi connectivity index (χ1v) is 19.3. The van der Waals surface area contributed by atoms with Gasteiger partial charge in [0, 0.05) is 42.3 Å². The Hall–Kier alpha value is -1.74. The molecule has 0 aliphatic heterocycles. The Morgan fingerprint density at radius 1 is 1.09 bits per heavy atom. The number of hydrogen-bond acceptors (Lipinski definition) is 6. The number of carbonyl (C=O) groups excluding carboxylic acids is 2. The SMILES string of the molecule is CC[Si](CC)(CC)OC(CN(CC1CC(C)(C)C1)C(=O)C(=CN)C(C)=NC1CCC(C(C)=O)CC1)c1c(Cl)cncc1Cl. The zero-order valence-corrected chi connectivity index (χ0v) is 29.7. The summed E-state index contributed by atoms with van der Waals surface area (Å²) in [5, 5.41) is 0.878. The van der Waals surface area contributed by atoms with E-state index in [-0.39, 0.29) is 29.1 Å². The number of nitrogens with zero attached hydrogens (tertiary/aromatic N) is 3.